The number of benzene rings is 3. The van der Waals surface area contributed by atoms with Gasteiger partial charge >= 0.3 is 5.91 Å². The molecule has 1 saturated carbocycles. The molecule has 1 N–H and O–H groups in total. The van der Waals surface area contributed by atoms with E-state index in [0.717, 1.165) is 28.9 Å². The monoisotopic (exact) mass is 456 g/mol. The third-order valence-electron chi connectivity index (χ3n) is 6.22. The van der Waals surface area contributed by atoms with E-state index in [1.807, 2.05) is 60.7 Å². The molecular formula is C29H29ClN2O. The maximum absolute atomic E-state index is 12.3. The lowest BCUT2D eigenvalue weighted by molar-refractivity contribution is -0.111. The molecule has 0 aliphatic heterocycles. The molecule has 0 spiro atoms. The Bertz CT molecular complexity index is 1120. The zero-order valence-electron chi connectivity index (χ0n) is 19.0. The zero-order valence-corrected chi connectivity index (χ0v) is 19.7. The fourth-order valence-electron chi connectivity index (χ4n) is 4.31. The Labute approximate surface area is 201 Å². The van der Waals surface area contributed by atoms with Crippen molar-refractivity contribution in [3.8, 4) is 23.0 Å². The fourth-order valence-corrected chi connectivity index (χ4v) is 4.44. The molecule has 4 rings (SSSR count). The molecule has 1 amide bonds. The number of carbonyl (C=O) groups is 1. The van der Waals surface area contributed by atoms with Crippen LogP contribution in [0.15, 0.2) is 72.8 Å². The molecule has 0 radical (unpaired) electrons. The van der Waals surface area contributed by atoms with E-state index in [9.17, 15) is 4.79 Å². The van der Waals surface area contributed by atoms with Gasteiger partial charge in [-0.1, -0.05) is 73.2 Å². The second-order valence-electron chi connectivity index (χ2n) is 8.69. The van der Waals surface area contributed by atoms with E-state index in [1.165, 1.54) is 37.7 Å². The first-order valence-electron chi connectivity index (χ1n) is 11.5. The van der Waals surface area contributed by atoms with Crippen LogP contribution >= 0.6 is 11.6 Å². The summed E-state index contributed by atoms with van der Waals surface area (Å²) in [5, 5.41) is 3.58. The van der Waals surface area contributed by atoms with Crippen LogP contribution in [0.2, 0.25) is 5.02 Å². The summed E-state index contributed by atoms with van der Waals surface area (Å²) < 4.78 is 0. The first-order chi connectivity index (χ1) is 16.1. The van der Waals surface area contributed by atoms with E-state index in [2.05, 4.69) is 41.2 Å². The van der Waals surface area contributed by atoms with Gasteiger partial charge in [-0.05, 0) is 73.0 Å². The Kier molecular flexibility index (Phi) is 7.83. The second-order valence-corrected chi connectivity index (χ2v) is 9.13. The minimum atomic E-state index is -0.316. The number of anilines is 1. The predicted molar refractivity (Wildman–Crippen MR) is 137 cm³/mol. The Morgan fingerprint density at radius 2 is 1.52 bits per heavy atom. The Morgan fingerprint density at radius 1 is 0.909 bits per heavy atom. The Hall–Kier alpha value is -3.06. The lowest BCUT2D eigenvalue weighted by Crippen LogP contribution is -2.32. The van der Waals surface area contributed by atoms with Gasteiger partial charge < -0.3 is 5.32 Å². The topological polar surface area (TPSA) is 32.3 Å². The number of carbonyl (C=O) groups excluding carboxylic acids is 1. The average molecular weight is 457 g/mol. The van der Waals surface area contributed by atoms with Crippen LogP contribution in [0, 0.1) is 11.8 Å². The van der Waals surface area contributed by atoms with Gasteiger partial charge in [0.2, 0.25) is 0 Å². The van der Waals surface area contributed by atoms with Gasteiger partial charge in [-0.3, -0.25) is 9.69 Å². The molecule has 3 aromatic carbocycles. The number of amides is 1. The minimum absolute atomic E-state index is 0.316. The number of rotatable bonds is 5. The summed E-state index contributed by atoms with van der Waals surface area (Å²) in [6.07, 6.45) is 6.65. The molecule has 33 heavy (non-hydrogen) atoms. The average Bonchev–Trinajstić information content (AvgIpc) is 2.85. The van der Waals surface area contributed by atoms with Gasteiger partial charge in [0.05, 0.1) is 0 Å². The standard InChI is InChI=1S/C29H29ClN2O/c1-32(28-5-3-2-4-6-28)21-23-9-18-27(19-10-23)31-29(33)20-11-22-7-12-24(13-8-22)25-14-16-26(30)17-15-25/h7-10,12-19,28H,2-6,21H2,1H3,(H,31,33). The number of hydrogen-bond donors (Lipinski definition) is 1. The number of halogens is 1. The molecule has 0 bridgehead atoms. The second kappa shape index (κ2) is 11.2. The van der Waals surface area contributed by atoms with Gasteiger partial charge in [0.1, 0.15) is 0 Å². The maximum atomic E-state index is 12.3. The SMILES string of the molecule is CN(Cc1ccc(NC(=O)C#Cc2ccc(-c3ccc(Cl)cc3)cc2)cc1)C1CCCCC1. The van der Waals surface area contributed by atoms with Gasteiger partial charge in [0, 0.05) is 34.8 Å². The normalized spacial score (nSPS) is 13.9. The lowest BCUT2D eigenvalue weighted by atomic mass is 9.94. The molecule has 1 fully saturated rings. The van der Waals surface area contributed by atoms with E-state index >= 15 is 0 Å². The smallest absolute Gasteiger partial charge is 0.300 e. The van der Waals surface area contributed by atoms with E-state index in [-0.39, 0.29) is 5.91 Å². The maximum Gasteiger partial charge on any atom is 0.300 e. The minimum Gasteiger partial charge on any atom is -0.315 e. The third kappa shape index (κ3) is 6.71. The molecule has 0 atom stereocenters. The number of hydrogen-bond acceptors (Lipinski definition) is 2. The summed E-state index contributed by atoms with van der Waals surface area (Å²) in [6.45, 7) is 0.935. The molecule has 168 valence electrons. The highest BCUT2D eigenvalue weighted by molar-refractivity contribution is 6.30. The Balaban J connectivity index is 1.30. The summed E-state index contributed by atoms with van der Waals surface area (Å²) in [4.78, 5) is 14.7. The molecule has 0 unspecified atom stereocenters. The van der Waals surface area contributed by atoms with Crippen molar-refractivity contribution in [2.75, 3.05) is 12.4 Å². The first-order valence-corrected chi connectivity index (χ1v) is 11.9. The predicted octanol–water partition coefficient (Wildman–Crippen LogP) is 6.76. The van der Waals surface area contributed by atoms with Crippen LogP contribution in [-0.4, -0.2) is 23.9 Å². The van der Waals surface area contributed by atoms with Gasteiger partial charge in [0.25, 0.3) is 0 Å². The van der Waals surface area contributed by atoms with Gasteiger partial charge in [-0.15, -0.1) is 0 Å². The van der Waals surface area contributed by atoms with Crippen molar-refractivity contribution in [2.45, 2.75) is 44.7 Å². The molecule has 1 aliphatic rings. The van der Waals surface area contributed by atoms with Gasteiger partial charge in [-0.25, -0.2) is 0 Å². The highest BCUT2D eigenvalue weighted by Gasteiger charge is 2.17. The van der Waals surface area contributed by atoms with Crippen molar-refractivity contribution in [1.82, 2.24) is 4.90 Å². The Morgan fingerprint density at radius 3 is 2.15 bits per heavy atom. The van der Waals surface area contributed by atoms with E-state index in [4.69, 9.17) is 11.6 Å². The highest BCUT2D eigenvalue weighted by Crippen LogP contribution is 2.23. The van der Waals surface area contributed by atoms with Crippen LogP contribution in [0.3, 0.4) is 0 Å². The fraction of sp³-hybridized carbons (Fsp3) is 0.276. The molecule has 3 nitrogen and oxygen atoms in total. The molecule has 0 saturated heterocycles. The van der Waals surface area contributed by atoms with Crippen molar-refractivity contribution >= 4 is 23.2 Å². The molecule has 0 heterocycles. The summed E-state index contributed by atoms with van der Waals surface area (Å²) in [6, 6.07) is 24.3. The van der Waals surface area contributed by atoms with E-state index in [1.54, 1.807) is 0 Å². The third-order valence-corrected chi connectivity index (χ3v) is 6.48. The molecule has 0 aromatic heterocycles. The summed E-state index contributed by atoms with van der Waals surface area (Å²) >= 11 is 5.95. The number of nitrogens with one attached hydrogen (secondary N) is 1. The summed E-state index contributed by atoms with van der Waals surface area (Å²) in [5.41, 5.74) is 4.98. The van der Waals surface area contributed by atoms with Crippen molar-refractivity contribution in [3.63, 3.8) is 0 Å². The molecular weight excluding hydrogens is 428 g/mol. The van der Waals surface area contributed by atoms with Crippen LogP contribution in [0.4, 0.5) is 5.69 Å². The van der Waals surface area contributed by atoms with Gasteiger partial charge in [0.15, 0.2) is 0 Å². The van der Waals surface area contributed by atoms with Crippen LogP contribution < -0.4 is 5.32 Å². The quantitative estimate of drug-likeness (QED) is 0.430. The zero-order chi connectivity index (χ0) is 23.0. The van der Waals surface area contributed by atoms with Crippen LogP contribution in [0.25, 0.3) is 11.1 Å². The van der Waals surface area contributed by atoms with Crippen LogP contribution in [0.1, 0.15) is 43.2 Å². The van der Waals surface area contributed by atoms with E-state index < -0.39 is 0 Å². The van der Waals surface area contributed by atoms with Crippen molar-refractivity contribution in [2.24, 2.45) is 0 Å². The largest absolute Gasteiger partial charge is 0.315 e. The summed E-state index contributed by atoms with van der Waals surface area (Å²) in [7, 11) is 2.21. The summed E-state index contributed by atoms with van der Waals surface area (Å²) in [5.74, 6) is 5.30. The van der Waals surface area contributed by atoms with Gasteiger partial charge in [-0.2, -0.15) is 0 Å². The first kappa shape index (κ1) is 23.1. The van der Waals surface area contributed by atoms with Crippen LogP contribution in [0.5, 0.6) is 0 Å². The number of nitrogens with zero attached hydrogens (tertiary/aromatic N) is 1. The van der Waals surface area contributed by atoms with Crippen molar-refractivity contribution in [3.05, 3.63) is 88.9 Å². The van der Waals surface area contributed by atoms with Crippen molar-refractivity contribution in [1.29, 1.82) is 0 Å². The molecule has 4 heteroatoms. The van der Waals surface area contributed by atoms with Crippen molar-refractivity contribution < 1.29 is 4.79 Å². The highest BCUT2D eigenvalue weighted by atomic mass is 35.5. The van der Waals surface area contributed by atoms with Crippen LogP contribution in [-0.2, 0) is 11.3 Å². The molecule has 1 aliphatic carbocycles. The van der Waals surface area contributed by atoms with E-state index in [0.29, 0.717) is 11.1 Å². The molecule has 3 aromatic rings. The lowest BCUT2D eigenvalue weighted by Gasteiger charge is -2.31.